The van der Waals surface area contributed by atoms with Crippen LogP contribution in [0, 0.1) is 6.92 Å². The zero-order valence-electron chi connectivity index (χ0n) is 16.2. The number of carbonyl (C=O) groups is 1. The van der Waals surface area contributed by atoms with E-state index in [0.29, 0.717) is 22.7 Å². The lowest BCUT2D eigenvalue weighted by molar-refractivity contribution is -0.137. The van der Waals surface area contributed by atoms with Gasteiger partial charge in [0.05, 0.1) is 11.3 Å². The van der Waals surface area contributed by atoms with Gasteiger partial charge in [0.2, 0.25) is 11.0 Å². The van der Waals surface area contributed by atoms with Gasteiger partial charge >= 0.3 is 6.18 Å². The molecule has 0 fully saturated rings. The molecule has 0 atom stereocenters. The van der Waals surface area contributed by atoms with Crippen molar-refractivity contribution in [3.8, 4) is 5.75 Å². The normalized spacial score (nSPS) is 11.4. The van der Waals surface area contributed by atoms with Crippen LogP contribution in [0.2, 0.25) is 0 Å². The number of ether oxygens (including phenoxy) is 1. The lowest BCUT2D eigenvalue weighted by Crippen LogP contribution is -2.15. The molecule has 8 nitrogen and oxygen atoms in total. The molecular formula is C18H17F3N6O2S2. The Morgan fingerprint density at radius 1 is 1.32 bits per heavy atom. The first-order chi connectivity index (χ1) is 14.8. The Morgan fingerprint density at radius 3 is 2.81 bits per heavy atom. The molecule has 0 radical (unpaired) electrons. The third-order valence-electron chi connectivity index (χ3n) is 3.74. The third-order valence-corrected chi connectivity index (χ3v) is 5.46. The van der Waals surface area contributed by atoms with E-state index in [1.165, 1.54) is 23.5 Å². The summed E-state index contributed by atoms with van der Waals surface area (Å²) in [5.74, 6) is 0.225. The van der Waals surface area contributed by atoms with Gasteiger partial charge in [-0.3, -0.25) is 14.7 Å². The number of nitrogens with zero attached hydrogens (tertiary/aromatic N) is 5. The molecule has 0 unspecified atom stereocenters. The second-order valence-electron chi connectivity index (χ2n) is 6.08. The number of alkyl halides is 3. The van der Waals surface area contributed by atoms with Crippen molar-refractivity contribution >= 4 is 34.1 Å². The van der Waals surface area contributed by atoms with Gasteiger partial charge in [0.15, 0.2) is 11.0 Å². The van der Waals surface area contributed by atoms with Gasteiger partial charge in [-0.15, -0.1) is 27.0 Å². The van der Waals surface area contributed by atoms with Gasteiger partial charge < -0.3 is 4.74 Å². The second kappa shape index (κ2) is 9.92. The highest BCUT2D eigenvalue weighted by Crippen LogP contribution is 2.31. The number of nitrogens with one attached hydrogen (secondary N) is 1. The van der Waals surface area contributed by atoms with Crippen molar-refractivity contribution in [3.05, 3.63) is 53.3 Å². The van der Waals surface area contributed by atoms with Crippen LogP contribution in [0.15, 0.2) is 42.1 Å². The summed E-state index contributed by atoms with van der Waals surface area (Å²) in [6.07, 6.45) is -2.84. The number of anilines is 1. The Bertz CT molecular complexity index is 1070. The molecule has 0 bridgehead atoms. The molecule has 1 N–H and O–H groups in total. The summed E-state index contributed by atoms with van der Waals surface area (Å²) in [6.45, 7) is 5.71. The van der Waals surface area contributed by atoms with Crippen LogP contribution in [0.5, 0.6) is 5.75 Å². The van der Waals surface area contributed by atoms with Gasteiger partial charge in [-0.05, 0) is 25.1 Å². The SMILES string of the molecule is C=CCn1c(COc2cccc(C(F)(F)F)c2)nnc1SCC(=O)Nc1nnc(C)s1. The number of allylic oxidation sites excluding steroid dienone is 1. The Kier molecular flexibility index (Phi) is 7.28. The van der Waals surface area contributed by atoms with Crippen LogP contribution in [-0.2, 0) is 24.1 Å². The number of amides is 1. The van der Waals surface area contributed by atoms with Gasteiger partial charge in [0.1, 0.15) is 17.4 Å². The topological polar surface area (TPSA) is 94.8 Å². The summed E-state index contributed by atoms with van der Waals surface area (Å²) in [5, 5.41) is 20.0. The summed E-state index contributed by atoms with van der Waals surface area (Å²) in [5.41, 5.74) is -0.801. The fourth-order valence-electron chi connectivity index (χ4n) is 2.39. The van der Waals surface area contributed by atoms with E-state index in [9.17, 15) is 18.0 Å². The third kappa shape index (κ3) is 6.28. The molecule has 0 aliphatic carbocycles. The lowest BCUT2D eigenvalue weighted by atomic mass is 10.2. The van der Waals surface area contributed by atoms with E-state index in [2.05, 4.69) is 32.3 Å². The van der Waals surface area contributed by atoms with E-state index in [-0.39, 0.29) is 24.0 Å². The number of aromatic nitrogens is 5. The molecule has 3 rings (SSSR count). The van der Waals surface area contributed by atoms with Crippen LogP contribution in [-0.4, -0.2) is 36.6 Å². The highest BCUT2D eigenvalue weighted by Gasteiger charge is 2.30. The number of carbonyl (C=O) groups excluding carboxylic acids is 1. The van der Waals surface area contributed by atoms with Crippen molar-refractivity contribution in [2.45, 2.75) is 31.4 Å². The van der Waals surface area contributed by atoms with E-state index in [4.69, 9.17) is 4.74 Å². The van der Waals surface area contributed by atoms with Crippen molar-refractivity contribution in [1.82, 2.24) is 25.0 Å². The highest BCUT2D eigenvalue weighted by atomic mass is 32.2. The molecular weight excluding hydrogens is 453 g/mol. The average Bonchev–Trinajstić information content (AvgIpc) is 3.30. The van der Waals surface area contributed by atoms with E-state index >= 15 is 0 Å². The van der Waals surface area contributed by atoms with Crippen molar-refractivity contribution in [2.75, 3.05) is 11.1 Å². The molecule has 2 aromatic heterocycles. The fraction of sp³-hybridized carbons (Fsp3) is 0.278. The fourth-order valence-corrected chi connectivity index (χ4v) is 3.76. The molecule has 13 heteroatoms. The first-order valence-electron chi connectivity index (χ1n) is 8.82. The maximum absolute atomic E-state index is 12.9. The maximum Gasteiger partial charge on any atom is 0.416 e. The van der Waals surface area contributed by atoms with E-state index in [0.717, 1.165) is 28.9 Å². The minimum absolute atomic E-state index is 0.0579. The van der Waals surface area contributed by atoms with Crippen molar-refractivity contribution in [1.29, 1.82) is 0 Å². The lowest BCUT2D eigenvalue weighted by Gasteiger charge is -2.11. The second-order valence-corrected chi connectivity index (χ2v) is 8.20. The molecule has 0 saturated heterocycles. The molecule has 1 aromatic carbocycles. The molecule has 0 aliphatic heterocycles. The smallest absolute Gasteiger partial charge is 0.416 e. The number of thioether (sulfide) groups is 1. The predicted molar refractivity (Wildman–Crippen MR) is 110 cm³/mol. The minimum atomic E-state index is -4.46. The summed E-state index contributed by atoms with van der Waals surface area (Å²) in [4.78, 5) is 12.1. The standard InChI is InChI=1S/C18H17F3N6O2S2/c1-3-7-27-14(9-29-13-6-4-5-12(8-13)18(19,20)21)24-26-17(27)30-10-15(28)22-16-25-23-11(2)31-16/h3-6,8H,1,7,9-10H2,2H3,(H,22,25,28). The predicted octanol–water partition coefficient (Wildman–Crippen LogP) is 3.95. The van der Waals surface area contributed by atoms with Gasteiger partial charge in [-0.25, -0.2) is 0 Å². The largest absolute Gasteiger partial charge is 0.486 e. The van der Waals surface area contributed by atoms with Crippen LogP contribution in [0.3, 0.4) is 0 Å². The van der Waals surface area contributed by atoms with E-state index in [1.807, 2.05) is 0 Å². The molecule has 0 aliphatic rings. The first-order valence-corrected chi connectivity index (χ1v) is 10.6. The summed E-state index contributed by atoms with van der Waals surface area (Å²) in [7, 11) is 0. The Balaban J connectivity index is 1.63. The molecule has 164 valence electrons. The van der Waals surface area contributed by atoms with Gasteiger partial charge in [0.25, 0.3) is 0 Å². The van der Waals surface area contributed by atoms with Gasteiger partial charge in [0, 0.05) is 6.54 Å². The summed E-state index contributed by atoms with van der Waals surface area (Å²) >= 11 is 2.41. The molecule has 1 amide bonds. The van der Waals surface area contributed by atoms with Crippen LogP contribution in [0.4, 0.5) is 18.3 Å². The van der Waals surface area contributed by atoms with Crippen molar-refractivity contribution < 1.29 is 22.7 Å². The number of halogens is 3. The van der Waals surface area contributed by atoms with Crippen LogP contribution in [0.1, 0.15) is 16.4 Å². The van der Waals surface area contributed by atoms with Gasteiger partial charge in [-0.1, -0.05) is 35.2 Å². The Morgan fingerprint density at radius 2 is 2.13 bits per heavy atom. The number of benzene rings is 1. The number of aryl methyl sites for hydroxylation is 1. The Labute approximate surface area is 183 Å². The first kappa shape index (κ1) is 22.7. The zero-order valence-corrected chi connectivity index (χ0v) is 17.9. The molecule has 3 aromatic rings. The quantitative estimate of drug-likeness (QED) is 0.374. The molecule has 0 saturated carbocycles. The van der Waals surface area contributed by atoms with Crippen molar-refractivity contribution in [3.63, 3.8) is 0 Å². The number of rotatable bonds is 9. The summed E-state index contributed by atoms with van der Waals surface area (Å²) in [6, 6.07) is 4.59. The van der Waals surface area contributed by atoms with Crippen LogP contribution >= 0.6 is 23.1 Å². The summed E-state index contributed by atoms with van der Waals surface area (Å²) < 4.78 is 45.7. The van der Waals surface area contributed by atoms with Crippen LogP contribution < -0.4 is 10.1 Å². The Hall–Kier alpha value is -2.93. The minimum Gasteiger partial charge on any atom is -0.486 e. The van der Waals surface area contributed by atoms with E-state index < -0.39 is 11.7 Å². The molecule has 0 spiro atoms. The average molecular weight is 471 g/mol. The van der Waals surface area contributed by atoms with Crippen molar-refractivity contribution in [2.24, 2.45) is 0 Å². The highest BCUT2D eigenvalue weighted by molar-refractivity contribution is 7.99. The monoisotopic (exact) mass is 470 g/mol. The maximum atomic E-state index is 12.9. The van der Waals surface area contributed by atoms with Gasteiger partial charge in [-0.2, -0.15) is 13.2 Å². The molecule has 2 heterocycles. The zero-order chi connectivity index (χ0) is 22.4. The molecule has 31 heavy (non-hydrogen) atoms. The number of hydrogen-bond acceptors (Lipinski definition) is 8. The van der Waals surface area contributed by atoms with E-state index in [1.54, 1.807) is 17.6 Å². The van der Waals surface area contributed by atoms with Crippen LogP contribution in [0.25, 0.3) is 0 Å². The number of hydrogen-bond donors (Lipinski definition) is 1.